The van der Waals surface area contributed by atoms with Gasteiger partial charge in [-0.1, -0.05) is 0 Å². The number of carbonyl (C=O) groups excluding carboxylic acids is 1. The van der Waals surface area contributed by atoms with Crippen LogP contribution in [-0.2, 0) is 4.74 Å². The van der Waals surface area contributed by atoms with Gasteiger partial charge in [0.15, 0.2) is 11.5 Å². The zero-order valence-electron chi connectivity index (χ0n) is 9.73. The van der Waals surface area contributed by atoms with Crippen LogP contribution in [0.2, 0.25) is 0 Å². The topological polar surface area (TPSA) is 131 Å². The third-order valence-corrected chi connectivity index (χ3v) is 2.15. The van der Waals surface area contributed by atoms with Crippen molar-refractivity contribution in [2.45, 2.75) is 0 Å². The van der Waals surface area contributed by atoms with Crippen LogP contribution < -0.4 is 16.4 Å². The number of anilines is 2. The minimum atomic E-state index is -0.804. The smallest absolute Gasteiger partial charge is 0.404 e. The van der Waals surface area contributed by atoms with E-state index in [2.05, 4.69) is 35.3 Å². The van der Waals surface area contributed by atoms with E-state index >= 15 is 0 Å². The van der Waals surface area contributed by atoms with E-state index in [1.165, 1.54) is 6.33 Å². The molecule has 2 heterocycles. The molecule has 0 unspecified atom stereocenters. The number of aromatic amines is 1. The summed E-state index contributed by atoms with van der Waals surface area (Å²) in [5.41, 5.74) is 6.09. The van der Waals surface area contributed by atoms with Crippen LogP contribution in [0.15, 0.2) is 6.33 Å². The Hall–Kier alpha value is -2.58. The maximum Gasteiger partial charge on any atom is 0.404 e. The minimum absolute atomic E-state index is 0.157. The van der Waals surface area contributed by atoms with E-state index in [-0.39, 0.29) is 6.61 Å². The van der Waals surface area contributed by atoms with Crippen LogP contribution in [0.5, 0.6) is 0 Å². The molecule has 2 aromatic rings. The number of imidazole rings is 1. The van der Waals surface area contributed by atoms with Crippen molar-refractivity contribution in [2.24, 2.45) is 5.73 Å². The summed E-state index contributed by atoms with van der Waals surface area (Å²) in [6, 6.07) is 0. The van der Waals surface area contributed by atoms with Crippen molar-refractivity contribution in [3.8, 4) is 0 Å². The number of H-pyrrole nitrogens is 1. The van der Waals surface area contributed by atoms with Crippen molar-refractivity contribution in [3.63, 3.8) is 0 Å². The van der Waals surface area contributed by atoms with Crippen LogP contribution in [0, 0.1) is 0 Å². The highest BCUT2D eigenvalue weighted by Gasteiger charge is 2.08. The van der Waals surface area contributed by atoms with Gasteiger partial charge in [-0.2, -0.15) is 9.97 Å². The molecule has 0 aliphatic rings. The van der Waals surface area contributed by atoms with Crippen LogP contribution in [0.1, 0.15) is 0 Å². The highest BCUT2D eigenvalue weighted by Crippen LogP contribution is 2.17. The molecule has 96 valence electrons. The fourth-order valence-electron chi connectivity index (χ4n) is 1.39. The van der Waals surface area contributed by atoms with Gasteiger partial charge >= 0.3 is 6.09 Å². The van der Waals surface area contributed by atoms with Gasteiger partial charge in [-0.25, -0.2) is 9.78 Å². The number of nitrogens with zero attached hydrogens (tertiary/aromatic N) is 3. The molecule has 2 rings (SSSR count). The molecule has 0 fully saturated rings. The molecule has 0 spiro atoms. The number of aromatic nitrogens is 4. The van der Waals surface area contributed by atoms with E-state index in [1.807, 2.05) is 0 Å². The summed E-state index contributed by atoms with van der Waals surface area (Å²) < 4.78 is 4.61. The molecule has 0 bridgehead atoms. The Kier molecular flexibility index (Phi) is 3.41. The number of fused-ring (bicyclic) bond motifs is 1. The molecule has 1 amide bonds. The number of amides is 1. The number of ether oxygens (including phenoxy) is 1. The second-order valence-electron chi connectivity index (χ2n) is 3.34. The lowest BCUT2D eigenvalue weighted by Crippen LogP contribution is -2.19. The zero-order valence-corrected chi connectivity index (χ0v) is 9.73. The molecule has 0 aromatic carbocycles. The second kappa shape index (κ2) is 5.17. The summed E-state index contributed by atoms with van der Waals surface area (Å²) in [5, 5.41) is 5.85. The summed E-state index contributed by atoms with van der Waals surface area (Å²) in [4.78, 5) is 25.8. The first-order valence-corrected chi connectivity index (χ1v) is 5.25. The van der Waals surface area contributed by atoms with Crippen molar-refractivity contribution in [3.05, 3.63) is 6.33 Å². The molecular formula is C9H13N7O2. The van der Waals surface area contributed by atoms with E-state index in [9.17, 15) is 4.79 Å². The Morgan fingerprint density at radius 1 is 1.56 bits per heavy atom. The number of carbonyl (C=O) groups is 1. The van der Waals surface area contributed by atoms with Crippen LogP contribution in [-0.4, -0.2) is 46.2 Å². The highest BCUT2D eigenvalue weighted by atomic mass is 16.5. The predicted octanol–water partition coefficient (Wildman–Crippen LogP) is -0.0982. The van der Waals surface area contributed by atoms with Crippen molar-refractivity contribution in [1.82, 2.24) is 19.9 Å². The molecule has 0 aliphatic heterocycles. The molecule has 0 aliphatic carbocycles. The molecule has 9 nitrogen and oxygen atoms in total. The zero-order chi connectivity index (χ0) is 13.0. The lowest BCUT2D eigenvalue weighted by atomic mass is 10.4. The molecule has 18 heavy (non-hydrogen) atoms. The van der Waals surface area contributed by atoms with Crippen molar-refractivity contribution < 1.29 is 9.53 Å². The average Bonchev–Trinajstić information content (AvgIpc) is 2.82. The quantitative estimate of drug-likeness (QED) is 0.546. The van der Waals surface area contributed by atoms with Gasteiger partial charge in [-0.15, -0.1) is 0 Å². The van der Waals surface area contributed by atoms with E-state index < -0.39 is 6.09 Å². The third-order valence-electron chi connectivity index (χ3n) is 2.15. The van der Waals surface area contributed by atoms with Crippen LogP contribution in [0.3, 0.4) is 0 Å². The van der Waals surface area contributed by atoms with Crippen molar-refractivity contribution >= 4 is 29.0 Å². The summed E-state index contributed by atoms with van der Waals surface area (Å²) >= 11 is 0. The lowest BCUT2D eigenvalue weighted by molar-refractivity contribution is 0.161. The Labute approximate surface area is 102 Å². The first-order chi connectivity index (χ1) is 8.70. The summed E-state index contributed by atoms with van der Waals surface area (Å²) in [6.07, 6.45) is 0.728. The van der Waals surface area contributed by atoms with Crippen LogP contribution in [0.4, 0.5) is 16.6 Å². The van der Waals surface area contributed by atoms with Gasteiger partial charge in [0, 0.05) is 7.05 Å². The molecule has 9 heteroatoms. The summed E-state index contributed by atoms with van der Waals surface area (Å²) in [6.45, 7) is 0.543. The van der Waals surface area contributed by atoms with E-state index in [4.69, 9.17) is 5.73 Å². The fourth-order valence-corrected chi connectivity index (χ4v) is 1.39. The van der Waals surface area contributed by atoms with Crippen LogP contribution in [0.25, 0.3) is 11.2 Å². The first-order valence-electron chi connectivity index (χ1n) is 5.25. The Morgan fingerprint density at radius 2 is 2.39 bits per heavy atom. The number of hydrogen-bond acceptors (Lipinski definition) is 7. The largest absolute Gasteiger partial charge is 0.448 e. The average molecular weight is 251 g/mol. The molecule has 5 N–H and O–H groups in total. The normalized spacial score (nSPS) is 10.3. The molecular weight excluding hydrogens is 238 g/mol. The Morgan fingerprint density at radius 3 is 3.11 bits per heavy atom. The van der Waals surface area contributed by atoms with E-state index in [1.54, 1.807) is 7.05 Å². The Bertz CT molecular complexity index is 553. The van der Waals surface area contributed by atoms with E-state index in [0.29, 0.717) is 29.5 Å². The van der Waals surface area contributed by atoms with Crippen LogP contribution >= 0.6 is 0 Å². The predicted molar refractivity (Wildman–Crippen MR) is 65.3 cm³/mol. The monoisotopic (exact) mass is 251 g/mol. The number of hydrogen-bond donors (Lipinski definition) is 4. The minimum Gasteiger partial charge on any atom is -0.448 e. The maximum atomic E-state index is 10.4. The molecule has 0 saturated heterocycles. The molecule has 0 saturated carbocycles. The first kappa shape index (κ1) is 11.9. The van der Waals surface area contributed by atoms with Gasteiger partial charge in [0.2, 0.25) is 5.95 Å². The number of nitrogens with one attached hydrogen (secondary N) is 3. The van der Waals surface area contributed by atoms with Gasteiger partial charge in [-0.3, -0.25) is 0 Å². The third kappa shape index (κ3) is 2.56. The Balaban J connectivity index is 2.10. The van der Waals surface area contributed by atoms with Gasteiger partial charge in [0.1, 0.15) is 12.1 Å². The number of nitrogens with two attached hydrogens (primary N) is 1. The van der Waals surface area contributed by atoms with Gasteiger partial charge < -0.3 is 26.1 Å². The molecule has 2 aromatic heterocycles. The van der Waals surface area contributed by atoms with Crippen molar-refractivity contribution in [1.29, 1.82) is 0 Å². The summed E-state index contributed by atoms with van der Waals surface area (Å²) in [7, 11) is 1.72. The van der Waals surface area contributed by atoms with E-state index in [0.717, 1.165) is 0 Å². The number of primary amides is 1. The fraction of sp³-hybridized carbons (Fsp3) is 0.333. The summed E-state index contributed by atoms with van der Waals surface area (Å²) in [5.74, 6) is 1.03. The maximum absolute atomic E-state index is 10.4. The van der Waals surface area contributed by atoms with Gasteiger partial charge in [0.25, 0.3) is 0 Å². The standard InChI is InChI=1S/C9H13N7O2/c1-11-9-15-6(12-2-3-18-8(10)17)5-7(16-9)14-4-13-5/h4H,2-3H2,1H3,(H2,10,17)(H3,11,12,13,14,15,16). The van der Waals surface area contributed by atoms with Gasteiger partial charge in [-0.05, 0) is 0 Å². The second-order valence-corrected chi connectivity index (χ2v) is 3.34. The van der Waals surface area contributed by atoms with Gasteiger partial charge in [0.05, 0.1) is 12.9 Å². The SMILES string of the molecule is CNc1nc(NCCOC(N)=O)c2[nH]cnc2n1. The molecule has 0 radical (unpaired) electrons. The highest BCUT2D eigenvalue weighted by molar-refractivity contribution is 5.83. The lowest BCUT2D eigenvalue weighted by Gasteiger charge is -2.07. The number of rotatable bonds is 5. The molecule has 0 atom stereocenters. The van der Waals surface area contributed by atoms with Crippen molar-refractivity contribution in [2.75, 3.05) is 30.8 Å².